The number of thiophene rings is 1. The van der Waals surface area contributed by atoms with Crippen LogP contribution >= 0.6 is 11.3 Å². The van der Waals surface area contributed by atoms with Crippen molar-refractivity contribution in [1.29, 1.82) is 0 Å². The van der Waals surface area contributed by atoms with Gasteiger partial charge in [-0.15, -0.1) is 11.3 Å². The summed E-state index contributed by atoms with van der Waals surface area (Å²) in [7, 11) is 0. The van der Waals surface area contributed by atoms with E-state index in [9.17, 15) is 27.6 Å². The average Bonchev–Trinajstić information content (AvgIpc) is 3.27. The number of carbonyl (C=O) groups is 3. The van der Waals surface area contributed by atoms with Gasteiger partial charge < -0.3 is 10.2 Å². The van der Waals surface area contributed by atoms with Crippen molar-refractivity contribution in [1.82, 2.24) is 10.2 Å². The highest BCUT2D eigenvalue weighted by atomic mass is 32.1. The van der Waals surface area contributed by atoms with Gasteiger partial charge in [0.05, 0.1) is 10.5 Å². The summed E-state index contributed by atoms with van der Waals surface area (Å²) in [5.41, 5.74) is -4.35. The number of nitrogens with one attached hydrogen (secondary N) is 1. The summed E-state index contributed by atoms with van der Waals surface area (Å²) < 4.78 is 44.1. The van der Waals surface area contributed by atoms with Gasteiger partial charge >= 0.3 is 6.18 Å². The maximum absolute atomic E-state index is 14.7. The molecular weight excluding hydrogens is 429 g/mol. The smallest absolute Gasteiger partial charge is 0.326 e. The van der Waals surface area contributed by atoms with Gasteiger partial charge in [0, 0.05) is 18.2 Å². The van der Waals surface area contributed by atoms with Crippen molar-refractivity contribution in [2.24, 2.45) is 5.41 Å². The lowest BCUT2D eigenvalue weighted by atomic mass is 9.72. The Bertz CT molecular complexity index is 946. The first kappa shape index (κ1) is 22.0. The molecule has 1 atom stereocenters. The number of allylic oxidation sites excluding steroid dienone is 1. The molecule has 1 N–H and O–H groups in total. The van der Waals surface area contributed by atoms with Crippen LogP contribution < -0.4 is 5.32 Å². The fourth-order valence-corrected chi connectivity index (χ4v) is 5.76. The number of rotatable bonds is 3. The number of alkyl halides is 3. The summed E-state index contributed by atoms with van der Waals surface area (Å²) >= 11 is 0.978. The SMILES string of the molecule is CC1(C)CC(=O)C2=C(C1)N(C1CCCCC1)C(=O)C2(NC(=O)c1cccs1)C(F)(F)F. The molecule has 0 spiro atoms. The van der Waals surface area contributed by atoms with Crippen LogP contribution in [-0.2, 0) is 9.59 Å². The van der Waals surface area contributed by atoms with Crippen molar-refractivity contribution in [3.05, 3.63) is 33.7 Å². The van der Waals surface area contributed by atoms with E-state index in [0.717, 1.165) is 30.6 Å². The molecule has 5 nitrogen and oxygen atoms in total. The summed E-state index contributed by atoms with van der Waals surface area (Å²) in [4.78, 5) is 40.7. The molecule has 2 aliphatic carbocycles. The van der Waals surface area contributed by atoms with E-state index in [1.165, 1.54) is 11.0 Å². The second-order valence-corrected chi connectivity index (χ2v) is 10.4. The van der Waals surface area contributed by atoms with Crippen molar-refractivity contribution >= 4 is 28.9 Å². The number of Topliss-reactive ketones (excluding diaryl/α,β-unsaturated/α-hetero) is 1. The van der Waals surface area contributed by atoms with Gasteiger partial charge in [-0.05, 0) is 36.1 Å². The highest BCUT2D eigenvalue weighted by Gasteiger charge is 2.72. The van der Waals surface area contributed by atoms with Gasteiger partial charge in [-0.25, -0.2) is 0 Å². The van der Waals surface area contributed by atoms with Crippen molar-refractivity contribution in [2.45, 2.75) is 76.6 Å². The summed E-state index contributed by atoms with van der Waals surface area (Å²) in [5, 5.41) is 3.56. The molecule has 168 valence electrons. The Hall–Kier alpha value is -2.16. The summed E-state index contributed by atoms with van der Waals surface area (Å²) in [6.45, 7) is 3.63. The van der Waals surface area contributed by atoms with E-state index in [2.05, 4.69) is 0 Å². The molecule has 2 amide bonds. The van der Waals surface area contributed by atoms with E-state index in [0.29, 0.717) is 12.8 Å². The van der Waals surface area contributed by atoms with E-state index in [1.54, 1.807) is 11.4 Å². The fraction of sp³-hybridized carbons (Fsp3) is 0.591. The van der Waals surface area contributed by atoms with Crippen LogP contribution in [0.2, 0.25) is 0 Å². The average molecular weight is 455 g/mol. The molecule has 1 unspecified atom stereocenters. The summed E-state index contributed by atoms with van der Waals surface area (Å²) in [5.74, 6) is -2.97. The number of halogens is 3. The van der Waals surface area contributed by atoms with Gasteiger partial charge in [-0.3, -0.25) is 14.4 Å². The van der Waals surface area contributed by atoms with Gasteiger partial charge in [0.25, 0.3) is 11.8 Å². The van der Waals surface area contributed by atoms with Crippen LogP contribution in [-0.4, -0.2) is 40.3 Å². The Balaban J connectivity index is 1.88. The molecule has 4 rings (SSSR count). The Kier molecular flexibility index (Phi) is 5.31. The van der Waals surface area contributed by atoms with Crippen LogP contribution in [0.4, 0.5) is 13.2 Å². The second-order valence-electron chi connectivity index (χ2n) is 9.41. The first-order valence-corrected chi connectivity index (χ1v) is 11.4. The molecule has 0 aromatic carbocycles. The van der Waals surface area contributed by atoms with Crippen LogP contribution in [0.25, 0.3) is 0 Å². The van der Waals surface area contributed by atoms with E-state index < -0.39 is 46.3 Å². The van der Waals surface area contributed by atoms with Gasteiger partial charge in [0.1, 0.15) is 0 Å². The first-order valence-electron chi connectivity index (χ1n) is 10.5. The molecule has 0 radical (unpaired) electrons. The van der Waals surface area contributed by atoms with Crippen molar-refractivity contribution in [3.8, 4) is 0 Å². The largest absolute Gasteiger partial charge is 0.425 e. The quantitative estimate of drug-likeness (QED) is 0.726. The summed E-state index contributed by atoms with van der Waals surface area (Å²) in [6, 6.07) is 2.54. The molecule has 1 aromatic rings. The van der Waals surface area contributed by atoms with E-state index in [1.807, 2.05) is 19.2 Å². The molecule has 9 heteroatoms. The lowest BCUT2D eigenvalue weighted by molar-refractivity contribution is -0.191. The Morgan fingerprint density at radius 2 is 1.84 bits per heavy atom. The van der Waals surface area contributed by atoms with E-state index >= 15 is 0 Å². The number of nitrogens with zero attached hydrogens (tertiary/aromatic N) is 1. The van der Waals surface area contributed by atoms with Crippen LogP contribution in [0.15, 0.2) is 28.8 Å². The van der Waals surface area contributed by atoms with E-state index in [4.69, 9.17) is 0 Å². The monoisotopic (exact) mass is 454 g/mol. The minimum absolute atomic E-state index is 0.0540. The first-order chi connectivity index (χ1) is 14.5. The molecule has 0 bridgehead atoms. The van der Waals surface area contributed by atoms with Crippen LogP contribution in [0.3, 0.4) is 0 Å². The maximum Gasteiger partial charge on any atom is 0.425 e. The molecule has 1 saturated carbocycles. The molecule has 3 aliphatic rings. The summed E-state index contributed by atoms with van der Waals surface area (Å²) in [6.07, 6.45) is -1.31. The number of amides is 2. The zero-order valence-corrected chi connectivity index (χ0v) is 18.3. The number of carbonyl (C=O) groups excluding carboxylic acids is 3. The predicted molar refractivity (Wildman–Crippen MR) is 109 cm³/mol. The fourth-order valence-electron chi connectivity index (χ4n) is 5.14. The van der Waals surface area contributed by atoms with Crippen molar-refractivity contribution in [2.75, 3.05) is 0 Å². The normalized spacial score (nSPS) is 26.9. The third-order valence-electron chi connectivity index (χ3n) is 6.47. The second kappa shape index (κ2) is 7.46. The van der Waals surface area contributed by atoms with Crippen LogP contribution in [0, 0.1) is 5.41 Å². The highest BCUT2D eigenvalue weighted by Crippen LogP contribution is 2.53. The zero-order valence-electron chi connectivity index (χ0n) is 17.5. The number of hydrogen-bond acceptors (Lipinski definition) is 4. The van der Waals surface area contributed by atoms with Gasteiger partial charge in [0.15, 0.2) is 5.78 Å². The molecule has 2 heterocycles. The van der Waals surface area contributed by atoms with Crippen LogP contribution in [0.1, 0.15) is 68.5 Å². The minimum atomic E-state index is -5.15. The molecular formula is C22H25F3N2O3S. The molecule has 31 heavy (non-hydrogen) atoms. The van der Waals surface area contributed by atoms with Gasteiger partial charge in [0.2, 0.25) is 5.54 Å². The molecule has 1 aromatic heterocycles. The third kappa shape index (κ3) is 3.50. The lowest BCUT2D eigenvalue weighted by Gasteiger charge is -2.37. The molecule has 0 saturated heterocycles. The molecule has 1 aliphatic heterocycles. The Labute approximate surface area is 182 Å². The topological polar surface area (TPSA) is 66.5 Å². The molecule has 1 fully saturated rings. The van der Waals surface area contributed by atoms with Crippen molar-refractivity contribution < 1.29 is 27.6 Å². The predicted octanol–water partition coefficient (Wildman–Crippen LogP) is 4.60. The van der Waals surface area contributed by atoms with Crippen molar-refractivity contribution in [3.63, 3.8) is 0 Å². The van der Waals surface area contributed by atoms with E-state index in [-0.39, 0.29) is 23.4 Å². The minimum Gasteiger partial charge on any atom is -0.326 e. The van der Waals surface area contributed by atoms with Gasteiger partial charge in [-0.1, -0.05) is 39.2 Å². The number of ketones is 1. The lowest BCUT2D eigenvalue weighted by Crippen LogP contribution is -2.66. The highest BCUT2D eigenvalue weighted by molar-refractivity contribution is 7.12. The maximum atomic E-state index is 14.7. The Morgan fingerprint density at radius 1 is 1.16 bits per heavy atom. The van der Waals surface area contributed by atoms with Crippen LogP contribution in [0.5, 0.6) is 0 Å². The number of hydrogen-bond donors (Lipinski definition) is 1. The Morgan fingerprint density at radius 3 is 2.42 bits per heavy atom. The standard InChI is InChI=1S/C22H25F3N2O3S/c1-20(2)11-14-17(15(28)12-20)21(22(23,24)25,26-18(29)16-9-6-10-31-16)19(30)27(14)13-7-4-3-5-8-13/h6,9-10,13H,3-5,7-8,11-12H2,1-2H3,(H,26,29). The zero-order chi connectivity index (χ0) is 22.6. The van der Waals surface area contributed by atoms with Gasteiger partial charge in [-0.2, -0.15) is 13.2 Å². The third-order valence-corrected chi connectivity index (χ3v) is 7.34.